The summed E-state index contributed by atoms with van der Waals surface area (Å²) in [5.74, 6) is -3.30. The van der Waals surface area contributed by atoms with Crippen molar-refractivity contribution < 1.29 is 42.2 Å². The Hall–Kier alpha value is -5.89. The fraction of sp³-hybridized carbons (Fsp3) is 0.612. The van der Waals surface area contributed by atoms with E-state index in [2.05, 4.69) is 43.2 Å². The molecule has 0 radical (unpaired) electrons. The van der Waals surface area contributed by atoms with E-state index in [4.69, 9.17) is 25.0 Å². The molecule has 4 aromatic rings. The van der Waals surface area contributed by atoms with Crippen LogP contribution in [0.15, 0.2) is 48.9 Å². The lowest BCUT2D eigenvalue weighted by Gasteiger charge is -2.32. The smallest absolute Gasteiger partial charge is 0.408 e. The van der Waals surface area contributed by atoms with E-state index in [0.29, 0.717) is 62.4 Å². The predicted molar refractivity (Wildman–Crippen MR) is 260 cm³/mol. The molecule has 69 heavy (non-hydrogen) atoms. The minimum absolute atomic E-state index is 0.125. The molecule has 2 atom stereocenters. The summed E-state index contributed by atoms with van der Waals surface area (Å²) in [6.45, 7) is 15.4. The zero-order valence-corrected chi connectivity index (χ0v) is 41.7. The number of pyridine rings is 1. The summed E-state index contributed by atoms with van der Waals surface area (Å²) in [4.78, 5) is 63.1. The third-order valence-electron chi connectivity index (χ3n) is 11.9. The van der Waals surface area contributed by atoms with Crippen molar-refractivity contribution in [3.05, 3.63) is 60.3 Å². The van der Waals surface area contributed by atoms with Gasteiger partial charge in [0.05, 0.1) is 24.4 Å². The third-order valence-corrected chi connectivity index (χ3v) is 11.9. The zero-order chi connectivity index (χ0) is 50.5. The van der Waals surface area contributed by atoms with Gasteiger partial charge in [-0.3, -0.25) is 19.1 Å². The van der Waals surface area contributed by atoms with Crippen LogP contribution in [0.25, 0.3) is 10.9 Å². The zero-order valence-electron chi connectivity index (χ0n) is 41.7. The fourth-order valence-corrected chi connectivity index (χ4v) is 8.30. The summed E-state index contributed by atoms with van der Waals surface area (Å²) in [5.41, 5.74) is 5.02. The van der Waals surface area contributed by atoms with E-state index in [-0.39, 0.29) is 24.1 Å². The molecule has 0 spiro atoms. The second-order valence-electron chi connectivity index (χ2n) is 20.1. The minimum atomic E-state index is -3.18. The summed E-state index contributed by atoms with van der Waals surface area (Å²) in [6, 6.07) is 5.91. The number of halogens is 2. The van der Waals surface area contributed by atoms with Crippen LogP contribution in [0.3, 0.4) is 0 Å². The Balaban J connectivity index is 0.994. The summed E-state index contributed by atoms with van der Waals surface area (Å²) < 4.78 is 48.3. The van der Waals surface area contributed by atoms with Gasteiger partial charge in [0, 0.05) is 76.4 Å². The van der Waals surface area contributed by atoms with Gasteiger partial charge < -0.3 is 50.7 Å². The average Bonchev–Trinajstić information content (AvgIpc) is 3.89. The second kappa shape index (κ2) is 24.1. The van der Waals surface area contributed by atoms with Crippen molar-refractivity contribution in [2.24, 2.45) is 11.3 Å². The van der Waals surface area contributed by atoms with Crippen molar-refractivity contribution >= 4 is 46.4 Å². The standard InChI is InChI=1S/C49H73F2N11O7/c1-47(2,3)41(58-43(64)36(57-46(66)69-48(4,5)6)15-11-24-61-25-22-54-45(61)52)44(65)53-21-12-26-68-27-13-23-60(8)30-32-17-19-34(20-18-32)62-31-33-28-38(39(67-9)29-37(33)59-62)56-42(63)35-14-10-16-40(55-35)49(7,50)51/h10,14,16,22,25,28-29,31-32,34,36,41H,11-13,15,17-21,23-24,26-27,30H2,1-9H3,(H2,52,54)(H,53,65)(H,56,63)(H,57,66)(H,58,64)/t32?,34?,36-,41+/m0/s1. The van der Waals surface area contributed by atoms with Crippen molar-refractivity contribution in [2.45, 2.75) is 136 Å². The van der Waals surface area contributed by atoms with Crippen molar-refractivity contribution in [1.29, 1.82) is 0 Å². The molecule has 1 saturated carbocycles. The predicted octanol–water partition coefficient (Wildman–Crippen LogP) is 7.06. The molecule has 380 valence electrons. The van der Waals surface area contributed by atoms with E-state index in [1.54, 1.807) is 49.9 Å². The van der Waals surface area contributed by atoms with Crippen LogP contribution in [0, 0.1) is 11.3 Å². The van der Waals surface area contributed by atoms with Crippen LogP contribution in [-0.4, -0.2) is 118 Å². The fourth-order valence-electron chi connectivity index (χ4n) is 8.30. The molecule has 0 unspecified atom stereocenters. The summed E-state index contributed by atoms with van der Waals surface area (Å²) in [6.07, 6.45) is 10.9. The van der Waals surface area contributed by atoms with Gasteiger partial charge in [0.25, 0.3) is 11.8 Å². The molecule has 5 rings (SSSR count). The molecule has 0 aliphatic heterocycles. The molecule has 4 amide bonds. The van der Waals surface area contributed by atoms with E-state index >= 15 is 0 Å². The highest BCUT2D eigenvalue weighted by molar-refractivity contribution is 6.05. The topological polar surface area (TPSA) is 222 Å². The molecule has 1 aliphatic carbocycles. The first-order valence-electron chi connectivity index (χ1n) is 23.8. The lowest BCUT2D eigenvalue weighted by Crippen LogP contribution is -2.58. The number of carbonyl (C=O) groups is 4. The number of nitrogens with two attached hydrogens (primary N) is 1. The highest BCUT2D eigenvalue weighted by atomic mass is 19.3. The molecule has 3 heterocycles. The Kier molecular flexibility index (Phi) is 18.9. The number of hydrogen-bond donors (Lipinski definition) is 5. The van der Waals surface area contributed by atoms with Crippen molar-refractivity contribution in [1.82, 2.24) is 45.2 Å². The molecule has 0 bridgehead atoms. The maximum atomic E-state index is 13.9. The maximum Gasteiger partial charge on any atom is 0.408 e. The van der Waals surface area contributed by atoms with Gasteiger partial charge in [-0.05, 0) is 109 Å². The number of benzene rings is 1. The molecule has 1 aromatic carbocycles. The summed E-state index contributed by atoms with van der Waals surface area (Å²) >= 11 is 0. The van der Waals surface area contributed by atoms with Crippen LogP contribution < -0.4 is 31.7 Å². The Bertz CT molecular complexity index is 2330. The monoisotopic (exact) mass is 966 g/mol. The molecule has 1 fully saturated rings. The average molecular weight is 966 g/mol. The van der Waals surface area contributed by atoms with E-state index in [0.717, 1.165) is 63.0 Å². The van der Waals surface area contributed by atoms with Gasteiger partial charge in [-0.2, -0.15) is 13.9 Å². The highest BCUT2D eigenvalue weighted by Gasteiger charge is 2.35. The SMILES string of the molecule is COc1cc2nn(C3CCC(CN(C)CCCOCCCNC(=O)[C@@H](NC(=O)[C@H](CCCn4ccnc4N)NC(=O)OC(C)(C)C)C(C)(C)C)CC3)cc2cc1NC(=O)c1cccc(C(C)(F)F)n1. The number of aryl methyl sites for hydroxylation is 1. The first-order valence-corrected chi connectivity index (χ1v) is 23.8. The minimum Gasteiger partial charge on any atom is -0.494 e. The number of anilines is 2. The maximum absolute atomic E-state index is 13.9. The number of imidazole rings is 1. The van der Waals surface area contributed by atoms with Gasteiger partial charge in [0.1, 0.15) is 34.8 Å². The second-order valence-corrected chi connectivity index (χ2v) is 20.1. The van der Waals surface area contributed by atoms with E-state index in [1.165, 1.54) is 25.3 Å². The number of alkyl carbamates (subject to hydrolysis) is 1. The Labute approximate surface area is 404 Å². The highest BCUT2D eigenvalue weighted by Crippen LogP contribution is 2.36. The van der Waals surface area contributed by atoms with Gasteiger partial charge in [-0.1, -0.05) is 26.8 Å². The van der Waals surface area contributed by atoms with E-state index in [9.17, 15) is 28.0 Å². The van der Waals surface area contributed by atoms with Gasteiger partial charge >= 0.3 is 6.09 Å². The van der Waals surface area contributed by atoms with Crippen LogP contribution in [0.4, 0.5) is 25.2 Å². The lowest BCUT2D eigenvalue weighted by molar-refractivity contribution is -0.132. The number of fused-ring (bicyclic) bond motifs is 1. The molecule has 20 heteroatoms. The number of nitrogens with one attached hydrogen (secondary N) is 4. The van der Waals surface area contributed by atoms with Crippen molar-refractivity contribution in [2.75, 3.05) is 58.1 Å². The lowest BCUT2D eigenvalue weighted by atomic mass is 9.85. The Morgan fingerprint density at radius 1 is 0.957 bits per heavy atom. The van der Waals surface area contributed by atoms with E-state index < -0.39 is 52.6 Å². The number of alkyl halides is 2. The summed E-state index contributed by atoms with van der Waals surface area (Å²) in [5, 5.41) is 16.9. The van der Waals surface area contributed by atoms with Gasteiger partial charge in [0.2, 0.25) is 11.8 Å². The first kappa shape index (κ1) is 54.1. The molecule has 6 N–H and O–H groups in total. The molecule has 1 aliphatic rings. The van der Waals surface area contributed by atoms with Crippen LogP contribution in [-0.2, 0) is 31.5 Å². The normalized spacial score (nSPS) is 16.5. The van der Waals surface area contributed by atoms with Gasteiger partial charge in [-0.15, -0.1) is 0 Å². The van der Waals surface area contributed by atoms with Crippen molar-refractivity contribution in [3.63, 3.8) is 0 Å². The molecular weight excluding hydrogens is 893 g/mol. The quantitative estimate of drug-likeness (QED) is 0.0472. The Morgan fingerprint density at radius 2 is 1.68 bits per heavy atom. The number of rotatable bonds is 23. The number of carbonyl (C=O) groups excluding carboxylic acids is 4. The first-order chi connectivity index (χ1) is 32.5. The number of ether oxygens (including phenoxy) is 3. The Morgan fingerprint density at radius 3 is 2.33 bits per heavy atom. The largest absolute Gasteiger partial charge is 0.494 e. The molecule has 18 nitrogen and oxygen atoms in total. The molecular formula is C49H73F2N11O7. The van der Waals surface area contributed by atoms with Crippen molar-refractivity contribution in [3.8, 4) is 5.75 Å². The van der Waals surface area contributed by atoms with Crippen LogP contribution in [0.1, 0.15) is 122 Å². The number of nitrogen functional groups attached to an aromatic ring is 1. The van der Waals surface area contributed by atoms with Gasteiger partial charge in [-0.25, -0.2) is 14.8 Å². The number of methoxy groups -OCH3 is 1. The van der Waals surface area contributed by atoms with Gasteiger partial charge in [0.15, 0.2) is 5.95 Å². The summed E-state index contributed by atoms with van der Waals surface area (Å²) in [7, 11) is 3.63. The molecule has 3 aromatic heterocycles. The van der Waals surface area contributed by atoms with Crippen LogP contribution in [0.5, 0.6) is 5.75 Å². The number of amides is 4. The number of aromatic nitrogens is 5. The third kappa shape index (κ3) is 16.6. The van der Waals surface area contributed by atoms with Crippen LogP contribution >= 0.6 is 0 Å². The van der Waals surface area contributed by atoms with Crippen LogP contribution in [0.2, 0.25) is 0 Å². The number of nitrogens with zero attached hydrogens (tertiary/aromatic N) is 6. The van der Waals surface area contributed by atoms with E-state index in [1.807, 2.05) is 31.6 Å². The number of hydrogen-bond acceptors (Lipinski definition) is 12. The molecule has 0 saturated heterocycles.